The largest absolute Gasteiger partial charge is 2.00 e. The summed E-state index contributed by atoms with van der Waals surface area (Å²) in [6.07, 6.45) is -0.500. The van der Waals surface area contributed by atoms with E-state index in [1.807, 2.05) is 0 Å². The van der Waals surface area contributed by atoms with Gasteiger partial charge >= 0.3 is 17.1 Å². The number of carboxylic acids is 2. The van der Waals surface area contributed by atoms with E-state index in [9.17, 15) is 19.8 Å². The second kappa shape index (κ2) is 6.15. The van der Waals surface area contributed by atoms with Gasteiger partial charge in [-0.05, 0) is 12.8 Å². The predicted molar refractivity (Wildman–Crippen MR) is 27.2 cm³/mol. The summed E-state index contributed by atoms with van der Waals surface area (Å²) < 4.78 is 0. The topological polar surface area (TPSA) is 106 Å². The predicted octanol–water partition coefficient (Wildman–Crippen LogP) is -3.41. The Morgan fingerprint density at radius 2 is 1.82 bits per heavy atom. The van der Waals surface area contributed by atoms with Crippen LogP contribution in [0.4, 0.5) is 0 Å². The molecule has 0 amide bonds. The van der Waals surface area contributed by atoms with Crippen molar-refractivity contribution in [3.05, 3.63) is 0 Å². The van der Waals surface area contributed by atoms with E-state index in [0.717, 1.165) is 0 Å². The first kappa shape index (κ1) is 13.0. The zero-order chi connectivity index (χ0) is 8.15. The van der Waals surface area contributed by atoms with E-state index < -0.39 is 18.0 Å². The van der Waals surface area contributed by atoms with Crippen LogP contribution in [-0.4, -0.2) is 18.0 Å². The van der Waals surface area contributed by atoms with Crippen molar-refractivity contribution < 1.29 is 36.9 Å². The monoisotopic (exact) mass is 208 g/mol. The summed E-state index contributed by atoms with van der Waals surface area (Å²) in [5.74, 6) is -2.75. The fourth-order valence-electron chi connectivity index (χ4n) is 0.391. The molecule has 0 saturated carbocycles. The molecule has 0 aromatic rings. The Morgan fingerprint density at radius 3 is 2.09 bits per heavy atom. The number of aliphatic carboxylic acids is 2. The van der Waals surface area contributed by atoms with Gasteiger partial charge in [0.1, 0.15) is 0 Å². The minimum absolute atomic E-state index is 0. The maximum Gasteiger partial charge on any atom is 2.00 e. The molecule has 6 heteroatoms. The number of hydrogen-bond donors (Lipinski definition) is 1. The standard InChI is InChI=1S/C5H9NO4.Cu/c6-3(5(9)10)1-2-4(7)8;/h3H,1-2,6H2,(H,7,8)(H,9,10);/q;+2/p-2. The molecule has 11 heavy (non-hydrogen) atoms. The second-order valence-corrected chi connectivity index (χ2v) is 1.84. The molecule has 5 nitrogen and oxygen atoms in total. The average Bonchev–Trinajstić information content (AvgIpc) is 1.82. The first-order valence-corrected chi connectivity index (χ1v) is 2.70. The van der Waals surface area contributed by atoms with Gasteiger partial charge in [-0.2, -0.15) is 0 Å². The summed E-state index contributed by atoms with van der Waals surface area (Å²) in [6, 6.07) is -1.21. The third-order valence-corrected chi connectivity index (χ3v) is 0.962. The molecule has 0 heterocycles. The molecule has 0 aliphatic rings. The molecular formula is C5H7CuNO4. The quantitative estimate of drug-likeness (QED) is 0.485. The summed E-state index contributed by atoms with van der Waals surface area (Å²) in [6.45, 7) is 0. The van der Waals surface area contributed by atoms with Crippen LogP contribution in [0.1, 0.15) is 12.8 Å². The number of rotatable bonds is 4. The molecule has 0 bridgehead atoms. The van der Waals surface area contributed by atoms with Crippen molar-refractivity contribution in [3.63, 3.8) is 0 Å². The Labute approximate surface area is 74.0 Å². The first-order valence-electron chi connectivity index (χ1n) is 2.70. The molecule has 0 rings (SSSR count). The summed E-state index contributed by atoms with van der Waals surface area (Å²) in [7, 11) is 0. The van der Waals surface area contributed by atoms with E-state index in [-0.39, 0.29) is 29.9 Å². The number of nitrogens with two attached hydrogens (primary N) is 1. The Morgan fingerprint density at radius 1 is 1.36 bits per heavy atom. The maximum atomic E-state index is 9.86. The van der Waals surface area contributed by atoms with Gasteiger partial charge in [0.15, 0.2) is 0 Å². The molecule has 1 unspecified atom stereocenters. The van der Waals surface area contributed by atoms with Crippen LogP contribution in [0.2, 0.25) is 0 Å². The van der Waals surface area contributed by atoms with E-state index in [1.54, 1.807) is 0 Å². The molecule has 1 radical (unpaired) electrons. The Bertz CT molecular complexity index is 149. The molecule has 0 saturated heterocycles. The van der Waals surface area contributed by atoms with E-state index >= 15 is 0 Å². The van der Waals surface area contributed by atoms with Crippen molar-refractivity contribution in [1.29, 1.82) is 0 Å². The molecular weight excluding hydrogens is 202 g/mol. The number of carbonyl (C=O) groups excluding carboxylic acids is 2. The van der Waals surface area contributed by atoms with Gasteiger partial charge in [-0.3, -0.25) is 0 Å². The van der Waals surface area contributed by atoms with Crippen molar-refractivity contribution in [2.45, 2.75) is 18.9 Å². The van der Waals surface area contributed by atoms with Gasteiger partial charge in [0.25, 0.3) is 0 Å². The molecule has 0 aromatic heterocycles. The summed E-state index contributed by atoms with van der Waals surface area (Å²) in [4.78, 5) is 19.6. The first-order chi connectivity index (χ1) is 4.54. The number of hydrogen-bond acceptors (Lipinski definition) is 5. The van der Waals surface area contributed by atoms with E-state index in [0.29, 0.717) is 0 Å². The van der Waals surface area contributed by atoms with E-state index in [1.165, 1.54) is 0 Å². The minimum Gasteiger partial charge on any atom is -0.550 e. The van der Waals surface area contributed by atoms with Crippen molar-refractivity contribution in [3.8, 4) is 0 Å². The SMILES string of the molecule is NC(CCC(=O)[O-])C(=O)[O-].[Cu+2]. The van der Waals surface area contributed by atoms with Crippen molar-refractivity contribution in [1.82, 2.24) is 0 Å². The summed E-state index contributed by atoms with van der Waals surface area (Å²) in [5.41, 5.74) is 4.91. The fraction of sp³-hybridized carbons (Fsp3) is 0.600. The third-order valence-electron chi connectivity index (χ3n) is 0.962. The number of carbonyl (C=O) groups is 2. The zero-order valence-corrected chi connectivity index (χ0v) is 6.45. The third kappa shape index (κ3) is 7.31. The van der Waals surface area contributed by atoms with Gasteiger partial charge in [-0.15, -0.1) is 0 Å². The summed E-state index contributed by atoms with van der Waals surface area (Å²) >= 11 is 0. The molecule has 0 fully saturated rings. The normalized spacial score (nSPS) is 11.4. The minimum atomic E-state index is -1.44. The Kier molecular flexibility index (Phi) is 7.29. The van der Waals surface area contributed by atoms with Crippen LogP contribution < -0.4 is 15.9 Å². The zero-order valence-electron chi connectivity index (χ0n) is 5.50. The van der Waals surface area contributed by atoms with Crippen LogP contribution in [0.3, 0.4) is 0 Å². The molecule has 0 aromatic carbocycles. The van der Waals surface area contributed by atoms with Crippen LogP contribution in [0.25, 0.3) is 0 Å². The van der Waals surface area contributed by atoms with Crippen LogP contribution in [0.15, 0.2) is 0 Å². The molecule has 67 valence electrons. The maximum absolute atomic E-state index is 9.86. The van der Waals surface area contributed by atoms with Gasteiger partial charge < -0.3 is 25.5 Å². The fourth-order valence-corrected chi connectivity index (χ4v) is 0.391. The number of carboxylic acid groups (broad SMARTS) is 2. The summed E-state index contributed by atoms with van der Waals surface area (Å²) in [5, 5.41) is 19.6. The van der Waals surface area contributed by atoms with Crippen molar-refractivity contribution in [2.75, 3.05) is 0 Å². The van der Waals surface area contributed by atoms with Gasteiger partial charge in [0, 0.05) is 12.0 Å². The Balaban J connectivity index is 0. The van der Waals surface area contributed by atoms with E-state index in [4.69, 9.17) is 5.73 Å². The van der Waals surface area contributed by atoms with Gasteiger partial charge in [-0.1, -0.05) is 0 Å². The van der Waals surface area contributed by atoms with Crippen molar-refractivity contribution >= 4 is 11.9 Å². The van der Waals surface area contributed by atoms with E-state index in [2.05, 4.69) is 0 Å². The molecule has 0 spiro atoms. The van der Waals surface area contributed by atoms with Crippen LogP contribution in [0, 0.1) is 0 Å². The van der Waals surface area contributed by atoms with Gasteiger partial charge in [0.2, 0.25) is 0 Å². The van der Waals surface area contributed by atoms with Crippen LogP contribution in [0.5, 0.6) is 0 Å². The molecule has 2 N–H and O–H groups in total. The second-order valence-electron chi connectivity index (χ2n) is 1.84. The molecule has 0 aliphatic carbocycles. The van der Waals surface area contributed by atoms with Crippen LogP contribution in [-0.2, 0) is 26.7 Å². The average molecular weight is 209 g/mol. The van der Waals surface area contributed by atoms with Crippen molar-refractivity contribution in [2.24, 2.45) is 5.73 Å². The van der Waals surface area contributed by atoms with Gasteiger partial charge in [-0.25, -0.2) is 0 Å². The molecule has 1 atom stereocenters. The Hall–Kier alpha value is -0.581. The smallest absolute Gasteiger partial charge is 0.550 e. The van der Waals surface area contributed by atoms with Crippen LogP contribution >= 0.6 is 0 Å². The molecule has 0 aliphatic heterocycles. The van der Waals surface area contributed by atoms with Gasteiger partial charge in [0.05, 0.1) is 5.97 Å².